The minimum atomic E-state index is -0.0888. The van der Waals surface area contributed by atoms with Crippen LogP contribution >= 0.6 is 15.9 Å². The zero-order valence-electron chi connectivity index (χ0n) is 13.4. The highest BCUT2D eigenvalue weighted by Gasteiger charge is 2.27. The van der Waals surface area contributed by atoms with Crippen LogP contribution in [0.3, 0.4) is 0 Å². The summed E-state index contributed by atoms with van der Waals surface area (Å²) in [5.74, 6) is 0.818. The molecule has 25 heavy (non-hydrogen) atoms. The van der Waals surface area contributed by atoms with Gasteiger partial charge in [0.1, 0.15) is 6.10 Å². The van der Waals surface area contributed by atoms with Crippen LogP contribution in [0.15, 0.2) is 51.7 Å². The summed E-state index contributed by atoms with van der Waals surface area (Å²) in [5.41, 5.74) is 0. The van der Waals surface area contributed by atoms with E-state index in [1.54, 1.807) is 23.2 Å². The summed E-state index contributed by atoms with van der Waals surface area (Å²) in [6.45, 7) is 1.25. The molecule has 1 aliphatic heterocycles. The van der Waals surface area contributed by atoms with Crippen molar-refractivity contribution in [2.24, 2.45) is 0 Å². The number of fused-ring (bicyclic) bond motifs is 1. The molecule has 0 bridgehead atoms. The van der Waals surface area contributed by atoms with Crippen molar-refractivity contribution >= 4 is 32.6 Å². The van der Waals surface area contributed by atoms with Gasteiger partial charge in [-0.25, -0.2) is 0 Å². The van der Waals surface area contributed by atoms with Crippen molar-refractivity contribution in [1.29, 1.82) is 0 Å². The van der Waals surface area contributed by atoms with Gasteiger partial charge in [0.25, 0.3) is 5.91 Å². The molecule has 6 nitrogen and oxygen atoms in total. The van der Waals surface area contributed by atoms with E-state index in [4.69, 9.17) is 9.15 Å². The van der Waals surface area contributed by atoms with Crippen LogP contribution in [-0.4, -0.2) is 40.2 Å². The fourth-order valence-corrected chi connectivity index (χ4v) is 3.32. The maximum Gasteiger partial charge on any atom is 0.289 e. The van der Waals surface area contributed by atoms with Gasteiger partial charge >= 0.3 is 0 Å². The Bertz CT molecular complexity index is 898. The van der Waals surface area contributed by atoms with Crippen LogP contribution in [0.2, 0.25) is 0 Å². The standard InChI is InChI=1S/C18H16BrN3O3/c19-16-6-5-15(25-16)18(23)22-9-7-13(8-10-22)24-17-14-4-2-1-3-12(14)11-20-21-17/h1-6,11,13H,7-10H2. The summed E-state index contributed by atoms with van der Waals surface area (Å²) in [7, 11) is 0. The Morgan fingerprint density at radius 2 is 2.00 bits per heavy atom. The predicted molar refractivity (Wildman–Crippen MR) is 95.5 cm³/mol. The zero-order chi connectivity index (χ0) is 17.2. The van der Waals surface area contributed by atoms with Crippen LogP contribution in [-0.2, 0) is 0 Å². The number of carbonyl (C=O) groups is 1. The molecule has 1 saturated heterocycles. The monoisotopic (exact) mass is 401 g/mol. The van der Waals surface area contributed by atoms with Gasteiger partial charge in [0.2, 0.25) is 5.88 Å². The van der Waals surface area contributed by atoms with Crippen molar-refractivity contribution < 1.29 is 13.9 Å². The number of carbonyl (C=O) groups excluding carboxylic acids is 1. The van der Waals surface area contributed by atoms with E-state index >= 15 is 0 Å². The van der Waals surface area contributed by atoms with Gasteiger partial charge in [-0.1, -0.05) is 18.2 Å². The highest BCUT2D eigenvalue weighted by atomic mass is 79.9. The number of hydrogen-bond donors (Lipinski definition) is 0. The molecule has 0 spiro atoms. The smallest absolute Gasteiger partial charge is 0.289 e. The lowest BCUT2D eigenvalue weighted by Gasteiger charge is -2.31. The first kappa shape index (κ1) is 16.1. The Kier molecular flexibility index (Phi) is 4.40. The van der Waals surface area contributed by atoms with Gasteiger partial charge in [-0.2, -0.15) is 5.10 Å². The molecule has 128 valence electrons. The number of amides is 1. The second kappa shape index (κ2) is 6.84. The summed E-state index contributed by atoms with van der Waals surface area (Å²) in [4.78, 5) is 14.2. The molecule has 0 radical (unpaired) electrons. The summed E-state index contributed by atoms with van der Waals surface area (Å²) in [6, 6.07) is 11.3. The van der Waals surface area contributed by atoms with Gasteiger partial charge in [0.15, 0.2) is 10.4 Å². The van der Waals surface area contributed by atoms with E-state index in [0.29, 0.717) is 29.4 Å². The molecule has 7 heteroatoms. The maximum atomic E-state index is 12.4. The van der Waals surface area contributed by atoms with Gasteiger partial charge in [0.05, 0.1) is 6.20 Å². The number of nitrogens with zero attached hydrogens (tertiary/aromatic N) is 3. The van der Waals surface area contributed by atoms with Gasteiger partial charge < -0.3 is 14.1 Å². The lowest BCUT2D eigenvalue weighted by atomic mass is 10.1. The fraction of sp³-hybridized carbons (Fsp3) is 0.278. The second-order valence-electron chi connectivity index (χ2n) is 5.95. The number of furan rings is 1. The number of rotatable bonds is 3. The van der Waals surface area contributed by atoms with Crippen molar-refractivity contribution in [2.75, 3.05) is 13.1 Å². The van der Waals surface area contributed by atoms with E-state index in [1.165, 1.54) is 0 Å². The molecule has 0 atom stereocenters. The van der Waals surface area contributed by atoms with Crippen LogP contribution < -0.4 is 4.74 Å². The Balaban J connectivity index is 1.41. The Labute approximate surface area is 152 Å². The number of hydrogen-bond acceptors (Lipinski definition) is 5. The molecule has 2 aromatic heterocycles. The molecule has 0 unspecified atom stereocenters. The van der Waals surface area contributed by atoms with Crippen LogP contribution in [0.4, 0.5) is 0 Å². The van der Waals surface area contributed by atoms with E-state index in [9.17, 15) is 4.79 Å². The van der Waals surface area contributed by atoms with Gasteiger partial charge in [-0.05, 0) is 34.1 Å². The second-order valence-corrected chi connectivity index (χ2v) is 6.73. The maximum absolute atomic E-state index is 12.4. The largest absolute Gasteiger partial charge is 0.473 e. The summed E-state index contributed by atoms with van der Waals surface area (Å²) in [5, 5.41) is 10.1. The summed E-state index contributed by atoms with van der Waals surface area (Å²) in [6.07, 6.45) is 3.25. The molecule has 3 aromatic rings. The molecular formula is C18H16BrN3O3. The molecule has 3 heterocycles. The Morgan fingerprint density at radius 1 is 1.20 bits per heavy atom. The molecule has 1 fully saturated rings. The van der Waals surface area contributed by atoms with Crippen LogP contribution in [0.1, 0.15) is 23.4 Å². The SMILES string of the molecule is O=C(c1ccc(Br)o1)N1CCC(Oc2nncc3ccccc23)CC1. The van der Waals surface area contributed by atoms with E-state index in [2.05, 4.69) is 26.1 Å². The summed E-state index contributed by atoms with van der Waals surface area (Å²) >= 11 is 3.22. The number of likely N-dealkylation sites (tertiary alicyclic amines) is 1. The van der Waals surface area contributed by atoms with Gasteiger partial charge in [0, 0.05) is 36.7 Å². The van der Waals surface area contributed by atoms with Crippen LogP contribution in [0, 0.1) is 0 Å². The Hall–Kier alpha value is -2.41. The van der Waals surface area contributed by atoms with E-state index < -0.39 is 0 Å². The first-order valence-corrected chi connectivity index (χ1v) is 8.92. The normalized spacial score (nSPS) is 15.5. The van der Waals surface area contributed by atoms with Crippen molar-refractivity contribution in [3.63, 3.8) is 0 Å². The highest BCUT2D eigenvalue weighted by Crippen LogP contribution is 2.25. The van der Waals surface area contributed by atoms with E-state index in [0.717, 1.165) is 23.6 Å². The van der Waals surface area contributed by atoms with Crippen molar-refractivity contribution in [2.45, 2.75) is 18.9 Å². The van der Waals surface area contributed by atoms with Crippen molar-refractivity contribution in [3.05, 3.63) is 53.0 Å². The number of benzene rings is 1. The molecule has 1 amide bonds. The van der Waals surface area contributed by atoms with Crippen molar-refractivity contribution in [1.82, 2.24) is 15.1 Å². The number of aromatic nitrogens is 2. The van der Waals surface area contributed by atoms with Gasteiger partial charge in [-0.3, -0.25) is 4.79 Å². The molecule has 1 aliphatic rings. The average molecular weight is 402 g/mol. The topological polar surface area (TPSA) is 68.5 Å². The fourth-order valence-electron chi connectivity index (χ4n) is 3.01. The first-order chi connectivity index (χ1) is 12.2. The van der Waals surface area contributed by atoms with Gasteiger partial charge in [-0.15, -0.1) is 5.10 Å². The Morgan fingerprint density at radius 3 is 2.76 bits per heavy atom. The molecule has 0 saturated carbocycles. The third kappa shape index (κ3) is 3.37. The molecule has 0 aliphatic carbocycles. The quantitative estimate of drug-likeness (QED) is 0.669. The minimum absolute atomic E-state index is 0.0208. The number of piperidine rings is 1. The van der Waals surface area contributed by atoms with Crippen LogP contribution in [0.5, 0.6) is 5.88 Å². The first-order valence-electron chi connectivity index (χ1n) is 8.12. The average Bonchev–Trinajstić information content (AvgIpc) is 3.08. The summed E-state index contributed by atoms with van der Waals surface area (Å²) < 4.78 is 12.0. The lowest BCUT2D eigenvalue weighted by molar-refractivity contribution is 0.0559. The zero-order valence-corrected chi connectivity index (χ0v) is 15.0. The third-order valence-electron chi connectivity index (χ3n) is 4.33. The molecule has 4 rings (SSSR count). The lowest BCUT2D eigenvalue weighted by Crippen LogP contribution is -2.41. The molecule has 0 N–H and O–H groups in total. The minimum Gasteiger partial charge on any atom is -0.473 e. The van der Waals surface area contributed by atoms with E-state index in [-0.39, 0.29) is 12.0 Å². The number of ether oxygens (including phenoxy) is 1. The molecule has 1 aromatic carbocycles. The number of halogens is 1. The van der Waals surface area contributed by atoms with E-state index in [1.807, 2.05) is 24.3 Å². The third-order valence-corrected chi connectivity index (χ3v) is 4.75. The molecular weight excluding hydrogens is 386 g/mol. The van der Waals surface area contributed by atoms with Crippen molar-refractivity contribution in [3.8, 4) is 5.88 Å². The highest BCUT2D eigenvalue weighted by molar-refractivity contribution is 9.10. The van der Waals surface area contributed by atoms with Crippen LogP contribution in [0.25, 0.3) is 10.8 Å². The predicted octanol–water partition coefficient (Wildman–Crippen LogP) is 3.67.